The molecule has 1 unspecified atom stereocenters. The SMILES string of the molecule is CC(C)(C)c1ccc(C(c2ccccc2)c2c[nH]c3ccccc23)cc1. The van der Waals surface area contributed by atoms with Gasteiger partial charge in [-0.3, -0.25) is 0 Å². The molecule has 130 valence electrons. The van der Waals surface area contributed by atoms with Gasteiger partial charge >= 0.3 is 0 Å². The molecule has 0 aliphatic heterocycles. The first-order chi connectivity index (χ1) is 12.5. The largest absolute Gasteiger partial charge is 0.361 e. The van der Waals surface area contributed by atoms with Crippen LogP contribution in [0.1, 0.15) is 48.9 Å². The molecule has 3 aromatic carbocycles. The Labute approximate surface area is 155 Å². The molecule has 1 atom stereocenters. The van der Waals surface area contributed by atoms with Gasteiger partial charge in [0.1, 0.15) is 0 Å². The van der Waals surface area contributed by atoms with Crippen LogP contribution in [-0.2, 0) is 5.41 Å². The highest BCUT2D eigenvalue weighted by Gasteiger charge is 2.21. The highest BCUT2D eigenvalue weighted by molar-refractivity contribution is 5.84. The van der Waals surface area contributed by atoms with Crippen LogP contribution in [0.25, 0.3) is 10.9 Å². The predicted molar refractivity (Wildman–Crippen MR) is 111 cm³/mol. The van der Waals surface area contributed by atoms with Crippen LogP contribution in [0.15, 0.2) is 85.1 Å². The van der Waals surface area contributed by atoms with Crippen molar-refractivity contribution in [3.8, 4) is 0 Å². The maximum absolute atomic E-state index is 3.44. The molecule has 0 bridgehead atoms. The number of nitrogens with one attached hydrogen (secondary N) is 1. The van der Waals surface area contributed by atoms with Gasteiger partial charge in [-0.2, -0.15) is 0 Å². The molecule has 1 N–H and O–H groups in total. The Kier molecular flexibility index (Phi) is 4.16. The van der Waals surface area contributed by atoms with Crippen LogP contribution in [0.5, 0.6) is 0 Å². The van der Waals surface area contributed by atoms with E-state index in [0.29, 0.717) is 0 Å². The monoisotopic (exact) mass is 339 g/mol. The summed E-state index contributed by atoms with van der Waals surface area (Å²) in [6.07, 6.45) is 2.17. The Hall–Kier alpha value is -2.80. The summed E-state index contributed by atoms with van der Waals surface area (Å²) >= 11 is 0. The first kappa shape index (κ1) is 16.7. The van der Waals surface area contributed by atoms with Crippen molar-refractivity contribution in [3.05, 3.63) is 107 Å². The van der Waals surface area contributed by atoms with Crippen molar-refractivity contribution >= 4 is 10.9 Å². The van der Waals surface area contributed by atoms with Crippen LogP contribution in [0, 0.1) is 0 Å². The number of aromatic amines is 1. The molecule has 0 aliphatic carbocycles. The summed E-state index contributed by atoms with van der Waals surface area (Å²) in [5.74, 6) is 0.223. The smallest absolute Gasteiger partial charge is 0.0457 e. The Bertz CT molecular complexity index is 1000. The Balaban J connectivity index is 1.87. The van der Waals surface area contributed by atoms with E-state index < -0.39 is 0 Å². The van der Waals surface area contributed by atoms with Crippen molar-refractivity contribution in [1.29, 1.82) is 0 Å². The Morgan fingerprint density at radius 1 is 0.692 bits per heavy atom. The molecule has 1 aromatic heterocycles. The molecule has 0 saturated heterocycles. The minimum Gasteiger partial charge on any atom is -0.361 e. The summed E-state index contributed by atoms with van der Waals surface area (Å²) < 4.78 is 0. The van der Waals surface area contributed by atoms with E-state index in [1.54, 1.807) is 0 Å². The highest BCUT2D eigenvalue weighted by atomic mass is 14.7. The zero-order valence-electron chi connectivity index (χ0n) is 15.7. The third-order valence-corrected chi connectivity index (χ3v) is 5.18. The number of rotatable bonds is 3. The fourth-order valence-corrected chi connectivity index (χ4v) is 3.71. The first-order valence-electron chi connectivity index (χ1n) is 9.25. The van der Waals surface area contributed by atoms with Crippen molar-refractivity contribution in [3.63, 3.8) is 0 Å². The van der Waals surface area contributed by atoms with Crippen LogP contribution in [0.3, 0.4) is 0 Å². The third kappa shape index (κ3) is 3.06. The molecule has 0 spiro atoms. The summed E-state index contributed by atoms with van der Waals surface area (Å²) in [6.45, 7) is 6.78. The van der Waals surface area contributed by atoms with Crippen LogP contribution in [-0.4, -0.2) is 4.98 Å². The van der Waals surface area contributed by atoms with Gasteiger partial charge in [0.25, 0.3) is 0 Å². The molecule has 26 heavy (non-hydrogen) atoms. The van der Waals surface area contributed by atoms with Gasteiger partial charge in [0, 0.05) is 23.0 Å². The van der Waals surface area contributed by atoms with E-state index in [9.17, 15) is 0 Å². The van der Waals surface area contributed by atoms with Gasteiger partial charge in [-0.25, -0.2) is 0 Å². The molecule has 1 nitrogen and oxygen atoms in total. The normalized spacial score (nSPS) is 13.0. The molecule has 0 fully saturated rings. The lowest BCUT2D eigenvalue weighted by Crippen LogP contribution is -2.11. The van der Waals surface area contributed by atoms with Crippen molar-refractivity contribution in [2.75, 3.05) is 0 Å². The number of H-pyrrole nitrogens is 1. The molecular formula is C25H25N. The minimum absolute atomic E-state index is 0.168. The summed E-state index contributed by atoms with van der Waals surface area (Å²) in [5.41, 5.74) is 6.70. The van der Waals surface area contributed by atoms with Gasteiger partial charge in [-0.1, -0.05) is 93.6 Å². The van der Waals surface area contributed by atoms with E-state index in [1.807, 2.05) is 0 Å². The average Bonchev–Trinajstić information content (AvgIpc) is 3.07. The van der Waals surface area contributed by atoms with Crippen LogP contribution in [0.4, 0.5) is 0 Å². The maximum Gasteiger partial charge on any atom is 0.0457 e. The molecule has 0 aliphatic rings. The topological polar surface area (TPSA) is 15.8 Å². The number of benzene rings is 3. The lowest BCUT2D eigenvalue weighted by Gasteiger charge is -2.22. The van der Waals surface area contributed by atoms with Crippen LogP contribution in [0.2, 0.25) is 0 Å². The van der Waals surface area contributed by atoms with E-state index >= 15 is 0 Å². The van der Waals surface area contributed by atoms with Crippen molar-refractivity contribution in [2.24, 2.45) is 0 Å². The molecule has 4 rings (SSSR count). The Morgan fingerprint density at radius 2 is 1.31 bits per heavy atom. The van der Waals surface area contributed by atoms with Crippen molar-refractivity contribution in [2.45, 2.75) is 32.1 Å². The molecule has 4 aromatic rings. The zero-order valence-corrected chi connectivity index (χ0v) is 15.7. The Morgan fingerprint density at radius 3 is 2.00 bits per heavy atom. The summed E-state index contributed by atoms with van der Waals surface area (Å²) in [4.78, 5) is 3.44. The minimum atomic E-state index is 0.168. The second-order valence-electron chi connectivity index (χ2n) is 8.01. The van der Waals surface area contributed by atoms with Gasteiger partial charge < -0.3 is 4.98 Å². The number of hydrogen-bond acceptors (Lipinski definition) is 0. The fourth-order valence-electron chi connectivity index (χ4n) is 3.71. The lowest BCUT2D eigenvalue weighted by atomic mass is 9.82. The van der Waals surface area contributed by atoms with Crippen LogP contribution >= 0.6 is 0 Å². The van der Waals surface area contributed by atoms with Crippen molar-refractivity contribution < 1.29 is 0 Å². The first-order valence-corrected chi connectivity index (χ1v) is 9.25. The summed E-state index contributed by atoms with van der Waals surface area (Å²) in [6, 6.07) is 28.5. The third-order valence-electron chi connectivity index (χ3n) is 5.18. The van der Waals surface area contributed by atoms with E-state index in [2.05, 4.69) is 111 Å². The van der Waals surface area contributed by atoms with Gasteiger partial charge in [-0.05, 0) is 33.7 Å². The van der Waals surface area contributed by atoms with Gasteiger partial charge in [0.2, 0.25) is 0 Å². The van der Waals surface area contributed by atoms with E-state index in [1.165, 1.54) is 33.2 Å². The van der Waals surface area contributed by atoms with Gasteiger partial charge in [0.15, 0.2) is 0 Å². The van der Waals surface area contributed by atoms with Crippen LogP contribution < -0.4 is 0 Å². The number of aromatic nitrogens is 1. The molecular weight excluding hydrogens is 314 g/mol. The fraction of sp³-hybridized carbons (Fsp3) is 0.200. The van der Waals surface area contributed by atoms with Gasteiger partial charge in [-0.15, -0.1) is 0 Å². The average molecular weight is 339 g/mol. The molecule has 0 radical (unpaired) electrons. The maximum atomic E-state index is 3.44. The quantitative estimate of drug-likeness (QED) is 0.430. The zero-order chi connectivity index (χ0) is 18.1. The van der Waals surface area contributed by atoms with E-state index in [4.69, 9.17) is 0 Å². The number of para-hydroxylation sites is 1. The molecule has 1 heterocycles. The number of hydrogen-bond donors (Lipinski definition) is 1. The molecule has 0 saturated carbocycles. The van der Waals surface area contributed by atoms with E-state index in [-0.39, 0.29) is 11.3 Å². The molecule has 0 amide bonds. The van der Waals surface area contributed by atoms with Gasteiger partial charge in [0.05, 0.1) is 0 Å². The predicted octanol–water partition coefficient (Wildman–Crippen LogP) is 6.65. The van der Waals surface area contributed by atoms with Crippen molar-refractivity contribution in [1.82, 2.24) is 4.98 Å². The summed E-state index contributed by atoms with van der Waals surface area (Å²) in [5, 5.41) is 1.29. The standard InChI is InChI=1S/C25H25N/c1-25(2,3)20-15-13-19(14-16-20)24(18-9-5-4-6-10-18)22-17-26-23-12-8-7-11-21(22)23/h4-17,24,26H,1-3H3. The second kappa shape index (κ2) is 6.49. The summed E-state index contributed by atoms with van der Waals surface area (Å²) in [7, 11) is 0. The van der Waals surface area contributed by atoms with E-state index in [0.717, 1.165) is 0 Å². The highest BCUT2D eigenvalue weighted by Crippen LogP contribution is 2.36. The second-order valence-corrected chi connectivity index (χ2v) is 8.01. The molecule has 1 heteroatoms. The lowest BCUT2D eigenvalue weighted by molar-refractivity contribution is 0.590. The number of fused-ring (bicyclic) bond motifs is 1.